The fourth-order valence-electron chi connectivity index (χ4n) is 3.82. The zero-order valence-corrected chi connectivity index (χ0v) is 25.4. The van der Waals surface area contributed by atoms with Gasteiger partial charge < -0.3 is 35.2 Å². The van der Waals surface area contributed by atoms with Crippen LogP contribution in [0.5, 0.6) is 5.75 Å². The van der Waals surface area contributed by atoms with Crippen LogP contribution in [0.3, 0.4) is 0 Å². The van der Waals surface area contributed by atoms with Gasteiger partial charge in [-0.3, -0.25) is 4.79 Å². The highest BCUT2D eigenvalue weighted by Crippen LogP contribution is 2.38. The van der Waals surface area contributed by atoms with Crippen LogP contribution in [0.1, 0.15) is 18.9 Å². The fraction of sp³-hybridized carbons (Fsp3) is 0.345. The van der Waals surface area contributed by atoms with E-state index in [1.54, 1.807) is 19.4 Å². The number of hydrogen-bond acceptors (Lipinski definition) is 9. The van der Waals surface area contributed by atoms with Gasteiger partial charge in [-0.1, -0.05) is 25.6 Å². The maximum absolute atomic E-state index is 12.3. The normalized spacial score (nSPS) is 11.5. The molecule has 1 amide bonds. The molecule has 0 aliphatic rings. The Labute approximate surface area is 245 Å². The van der Waals surface area contributed by atoms with E-state index in [4.69, 9.17) is 9.72 Å². The highest BCUT2D eigenvalue weighted by atomic mass is 32.2. The zero-order valence-electron chi connectivity index (χ0n) is 24.6. The third kappa shape index (κ3) is 8.92. The third-order valence-electron chi connectivity index (χ3n) is 6.07. The molecule has 0 bridgehead atoms. The van der Waals surface area contributed by atoms with Crippen LogP contribution in [0.4, 0.5) is 40.2 Å². The summed E-state index contributed by atoms with van der Waals surface area (Å²) in [5.74, 6) is 1.69. The Kier molecular flexibility index (Phi) is 11.5. The van der Waals surface area contributed by atoms with Gasteiger partial charge in [-0.05, 0) is 51.7 Å². The van der Waals surface area contributed by atoms with Crippen molar-refractivity contribution in [3.8, 4) is 5.75 Å². The number of carbonyl (C=O) groups excluding carboxylic acids is 1. The number of aromatic nitrogens is 2. The second kappa shape index (κ2) is 15.0. The molecular formula is C29H40N8O3S. The van der Waals surface area contributed by atoms with Gasteiger partial charge in [-0.25, -0.2) is 9.19 Å². The molecule has 1 atom stereocenters. The molecule has 0 radical (unpaired) electrons. The summed E-state index contributed by atoms with van der Waals surface area (Å²) >= 11 is 0. The minimum Gasteiger partial charge on any atom is -0.494 e. The lowest BCUT2D eigenvalue weighted by atomic mass is 10.2. The molecule has 4 N–H and O–H groups in total. The monoisotopic (exact) mass is 580 g/mol. The number of benzene rings is 2. The highest BCUT2D eigenvalue weighted by Gasteiger charge is 2.17. The molecule has 0 saturated carbocycles. The van der Waals surface area contributed by atoms with E-state index in [9.17, 15) is 9.00 Å². The maximum atomic E-state index is 12.3. The summed E-state index contributed by atoms with van der Waals surface area (Å²) in [4.78, 5) is 25.6. The summed E-state index contributed by atoms with van der Waals surface area (Å²) in [6.45, 7) is 9.03. The van der Waals surface area contributed by atoms with Gasteiger partial charge in [-0.15, -0.1) is 0 Å². The Balaban J connectivity index is 1.94. The van der Waals surface area contributed by atoms with Gasteiger partial charge in [0.05, 0.1) is 35.5 Å². The third-order valence-corrected chi connectivity index (χ3v) is 7.29. The van der Waals surface area contributed by atoms with E-state index in [-0.39, 0.29) is 5.91 Å². The smallest absolute Gasteiger partial charge is 0.247 e. The molecule has 3 rings (SSSR count). The first-order valence-corrected chi connectivity index (χ1v) is 14.6. The van der Waals surface area contributed by atoms with Gasteiger partial charge in [0.25, 0.3) is 0 Å². The number of nitrogens with one attached hydrogen (secondary N) is 4. The van der Waals surface area contributed by atoms with Crippen molar-refractivity contribution >= 4 is 57.1 Å². The lowest BCUT2D eigenvalue weighted by molar-refractivity contribution is -0.111. The van der Waals surface area contributed by atoms with Crippen LogP contribution in [0, 0.1) is 6.92 Å². The van der Waals surface area contributed by atoms with Crippen molar-refractivity contribution < 1.29 is 13.7 Å². The summed E-state index contributed by atoms with van der Waals surface area (Å²) in [7, 11) is 6.37. The molecule has 0 spiro atoms. The molecule has 1 heterocycles. The summed E-state index contributed by atoms with van der Waals surface area (Å²) in [6, 6.07) is 11.2. The average Bonchev–Trinajstić information content (AvgIpc) is 2.94. The number of aryl methyl sites for hydroxylation is 1. The van der Waals surface area contributed by atoms with Crippen LogP contribution in [-0.4, -0.2) is 72.1 Å². The molecule has 12 heteroatoms. The fourth-order valence-corrected chi connectivity index (χ4v) is 4.72. The topological polar surface area (TPSA) is 124 Å². The Morgan fingerprint density at radius 2 is 1.80 bits per heavy atom. The summed E-state index contributed by atoms with van der Waals surface area (Å²) < 4.78 is 21.1. The lowest BCUT2D eigenvalue weighted by Crippen LogP contribution is -2.29. The number of likely N-dealkylation sites (N-methyl/N-ethyl adjacent to an activating group) is 2. The van der Waals surface area contributed by atoms with Gasteiger partial charge in [0.1, 0.15) is 22.6 Å². The number of hydrogen-bond donors (Lipinski definition) is 4. The second-order valence-electron chi connectivity index (χ2n) is 9.66. The van der Waals surface area contributed by atoms with Crippen molar-refractivity contribution in [2.75, 3.05) is 72.7 Å². The van der Waals surface area contributed by atoms with E-state index in [0.717, 1.165) is 36.4 Å². The number of amides is 1. The number of methoxy groups -OCH3 is 1. The Bertz CT molecular complexity index is 1380. The molecule has 1 unspecified atom stereocenters. The molecule has 3 aromatic rings. The minimum absolute atomic E-state index is 0.325. The number of rotatable bonds is 15. The van der Waals surface area contributed by atoms with E-state index in [0.29, 0.717) is 40.3 Å². The average molecular weight is 581 g/mol. The van der Waals surface area contributed by atoms with Crippen molar-refractivity contribution in [3.05, 3.63) is 60.8 Å². The number of carbonyl (C=O) groups is 1. The van der Waals surface area contributed by atoms with Gasteiger partial charge in [0.2, 0.25) is 11.9 Å². The van der Waals surface area contributed by atoms with Gasteiger partial charge in [-0.2, -0.15) is 4.98 Å². The number of nitrogens with zero attached hydrogens (tertiary/aromatic N) is 4. The Morgan fingerprint density at radius 1 is 1.07 bits per heavy atom. The quantitative estimate of drug-likeness (QED) is 0.186. The van der Waals surface area contributed by atoms with E-state index in [1.165, 1.54) is 6.08 Å². The minimum atomic E-state index is -1.19. The first kappa shape index (κ1) is 31.4. The Morgan fingerprint density at radius 3 is 2.46 bits per heavy atom. The molecule has 220 valence electrons. The predicted octanol–water partition coefficient (Wildman–Crippen LogP) is 4.89. The molecule has 1 aromatic heterocycles. The molecule has 0 aliphatic carbocycles. The Hall–Kier alpha value is -4.16. The molecule has 11 nitrogen and oxygen atoms in total. The zero-order chi connectivity index (χ0) is 29.9. The summed E-state index contributed by atoms with van der Waals surface area (Å²) in [5, 5.41) is 9.47. The van der Waals surface area contributed by atoms with Crippen molar-refractivity contribution in [1.29, 1.82) is 0 Å². The molecule has 0 saturated heterocycles. The van der Waals surface area contributed by atoms with Crippen LogP contribution < -0.4 is 30.3 Å². The SMILES string of the molecule is C=CC(=O)Nc1cc(Nc2ncc(C)c(Nc3ccccc3NS(=O)CCC)n2)c(OC)cc1N(C)CCN(C)C. The van der Waals surface area contributed by atoms with Crippen molar-refractivity contribution in [3.63, 3.8) is 0 Å². The van der Waals surface area contributed by atoms with Gasteiger partial charge in [0, 0.05) is 43.7 Å². The number of anilines is 7. The molecule has 0 fully saturated rings. The van der Waals surface area contributed by atoms with Crippen molar-refractivity contribution in [1.82, 2.24) is 14.9 Å². The van der Waals surface area contributed by atoms with Crippen LogP contribution in [0.2, 0.25) is 0 Å². The molecule has 2 aromatic carbocycles. The number of para-hydroxylation sites is 2. The van der Waals surface area contributed by atoms with Crippen LogP contribution in [0.15, 0.2) is 55.3 Å². The highest BCUT2D eigenvalue weighted by molar-refractivity contribution is 7.86. The van der Waals surface area contributed by atoms with Crippen LogP contribution in [0.25, 0.3) is 0 Å². The number of ether oxygens (including phenoxy) is 1. The summed E-state index contributed by atoms with van der Waals surface area (Å²) in [5.41, 5.74) is 4.23. The largest absolute Gasteiger partial charge is 0.494 e. The second-order valence-corrected chi connectivity index (χ2v) is 11.0. The lowest BCUT2D eigenvalue weighted by Gasteiger charge is -2.26. The van der Waals surface area contributed by atoms with Gasteiger partial charge >= 0.3 is 0 Å². The van der Waals surface area contributed by atoms with Crippen molar-refractivity contribution in [2.24, 2.45) is 0 Å². The van der Waals surface area contributed by atoms with Crippen molar-refractivity contribution in [2.45, 2.75) is 20.3 Å². The van der Waals surface area contributed by atoms with Gasteiger partial charge in [0.15, 0.2) is 0 Å². The summed E-state index contributed by atoms with van der Waals surface area (Å²) in [6.07, 6.45) is 3.75. The van der Waals surface area contributed by atoms with E-state index >= 15 is 0 Å². The molecule has 41 heavy (non-hydrogen) atoms. The van der Waals surface area contributed by atoms with Crippen LogP contribution >= 0.6 is 0 Å². The van der Waals surface area contributed by atoms with E-state index in [2.05, 4.69) is 42.0 Å². The van der Waals surface area contributed by atoms with E-state index < -0.39 is 11.0 Å². The standard InChI is InChI=1S/C29H40N8O3S/c1-8-16-41(39)35-22-13-11-10-12-21(22)32-28-20(3)19-30-29(34-28)33-24-17-23(31-27(38)9-2)25(18-26(24)40-7)37(6)15-14-36(4)5/h9-13,17-19,35H,2,8,14-16H2,1,3-7H3,(H,31,38)(H2,30,32,33,34). The maximum Gasteiger partial charge on any atom is 0.247 e. The first-order valence-electron chi connectivity index (χ1n) is 13.3. The van der Waals surface area contributed by atoms with E-state index in [1.807, 2.05) is 65.3 Å². The van der Waals surface area contributed by atoms with Crippen LogP contribution in [-0.2, 0) is 15.8 Å². The predicted molar refractivity (Wildman–Crippen MR) is 170 cm³/mol. The molecule has 0 aliphatic heterocycles. The molecular weight excluding hydrogens is 540 g/mol. The first-order chi connectivity index (χ1) is 19.6.